The molecule has 14 heavy (non-hydrogen) atoms. The van der Waals surface area contributed by atoms with E-state index in [1.54, 1.807) is 6.07 Å². The maximum absolute atomic E-state index is 6.06. The smallest absolute Gasteiger partial charge is 0.0652 e. The fourth-order valence-corrected chi connectivity index (χ4v) is 2.15. The second-order valence-electron chi connectivity index (χ2n) is 3.93. The van der Waals surface area contributed by atoms with Crippen molar-refractivity contribution < 1.29 is 0 Å². The first kappa shape index (κ1) is 10.1. The normalized spacial score (nSPS) is 25.6. The molecule has 1 fully saturated rings. The van der Waals surface area contributed by atoms with Gasteiger partial charge in [0.2, 0.25) is 0 Å². The summed E-state index contributed by atoms with van der Waals surface area (Å²) < 4.78 is 0. The van der Waals surface area contributed by atoms with Crippen LogP contribution in [0.15, 0.2) is 18.2 Å². The highest BCUT2D eigenvalue weighted by molar-refractivity contribution is 6.36. The molecule has 0 aliphatic heterocycles. The number of anilines is 1. The minimum atomic E-state index is 0.577. The number of benzene rings is 1. The van der Waals surface area contributed by atoms with E-state index in [0.717, 1.165) is 11.6 Å². The van der Waals surface area contributed by atoms with Crippen LogP contribution in [0.25, 0.3) is 0 Å². The summed E-state index contributed by atoms with van der Waals surface area (Å²) in [6.07, 6.45) is 2.54. The summed E-state index contributed by atoms with van der Waals surface area (Å²) in [7, 11) is 0. The Hall–Kier alpha value is -0.400. The van der Waals surface area contributed by atoms with Gasteiger partial charge < -0.3 is 5.32 Å². The molecular weight excluding hydrogens is 217 g/mol. The first-order valence-electron chi connectivity index (χ1n) is 4.88. The Labute approximate surface area is 94.4 Å². The van der Waals surface area contributed by atoms with Gasteiger partial charge in [-0.05, 0) is 37.0 Å². The zero-order valence-electron chi connectivity index (χ0n) is 8.06. The van der Waals surface area contributed by atoms with Crippen LogP contribution in [0.4, 0.5) is 5.69 Å². The first-order chi connectivity index (χ1) is 6.66. The van der Waals surface area contributed by atoms with Crippen molar-refractivity contribution in [2.24, 2.45) is 5.92 Å². The van der Waals surface area contributed by atoms with E-state index in [9.17, 15) is 0 Å². The molecule has 2 rings (SSSR count). The number of halogens is 2. The van der Waals surface area contributed by atoms with Crippen molar-refractivity contribution in [3.63, 3.8) is 0 Å². The molecular formula is C11H13Cl2N. The fourth-order valence-electron chi connectivity index (χ4n) is 1.69. The topological polar surface area (TPSA) is 12.0 Å². The molecule has 1 N–H and O–H groups in total. The van der Waals surface area contributed by atoms with E-state index in [0.29, 0.717) is 16.1 Å². The van der Waals surface area contributed by atoms with E-state index < -0.39 is 0 Å². The van der Waals surface area contributed by atoms with Crippen molar-refractivity contribution in [3.05, 3.63) is 28.2 Å². The van der Waals surface area contributed by atoms with Gasteiger partial charge in [0.05, 0.1) is 10.7 Å². The van der Waals surface area contributed by atoms with Crippen molar-refractivity contribution in [2.75, 3.05) is 5.32 Å². The molecule has 0 spiro atoms. The Bertz CT molecular complexity index is 338. The zero-order chi connectivity index (χ0) is 10.1. The molecule has 0 saturated heterocycles. The molecule has 2 unspecified atom stereocenters. The molecule has 0 aromatic heterocycles. The highest BCUT2D eigenvalue weighted by atomic mass is 35.5. The van der Waals surface area contributed by atoms with Crippen LogP contribution < -0.4 is 5.32 Å². The predicted octanol–water partition coefficient (Wildman–Crippen LogP) is 4.20. The van der Waals surface area contributed by atoms with Gasteiger partial charge in [-0.3, -0.25) is 0 Å². The second kappa shape index (κ2) is 4.00. The minimum absolute atomic E-state index is 0.577. The van der Waals surface area contributed by atoms with Gasteiger partial charge in [-0.2, -0.15) is 0 Å². The predicted molar refractivity (Wildman–Crippen MR) is 62.3 cm³/mol. The van der Waals surface area contributed by atoms with Crippen LogP contribution in [-0.2, 0) is 0 Å². The minimum Gasteiger partial charge on any atom is -0.381 e. The average Bonchev–Trinajstić information content (AvgIpc) is 2.14. The molecule has 1 aromatic rings. The number of rotatable bonds is 2. The van der Waals surface area contributed by atoms with E-state index in [1.807, 2.05) is 12.1 Å². The molecule has 76 valence electrons. The fraction of sp³-hybridized carbons (Fsp3) is 0.455. The van der Waals surface area contributed by atoms with E-state index in [1.165, 1.54) is 12.8 Å². The Morgan fingerprint density at radius 3 is 2.57 bits per heavy atom. The van der Waals surface area contributed by atoms with Crippen LogP contribution in [0.1, 0.15) is 19.8 Å². The lowest BCUT2D eigenvalue weighted by atomic mass is 9.81. The van der Waals surface area contributed by atoms with Crippen LogP contribution in [0.3, 0.4) is 0 Å². The lowest BCUT2D eigenvalue weighted by molar-refractivity contribution is 0.303. The molecule has 1 saturated carbocycles. The number of hydrogen-bond donors (Lipinski definition) is 1. The van der Waals surface area contributed by atoms with Gasteiger partial charge in [0.1, 0.15) is 0 Å². The highest BCUT2D eigenvalue weighted by Crippen LogP contribution is 2.33. The third kappa shape index (κ3) is 1.99. The molecule has 0 amide bonds. The van der Waals surface area contributed by atoms with E-state index >= 15 is 0 Å². The molecule has 0 heterocycles. The van der Waals surface area contributed by atoms with Gasteiger partial charge in [-0.15, -0.1) is 0 Å². The third-order valence-electron chi connectivity index (χ3n) is 2.89. The van der Waals surface area contributed by atoms with Gasteiger partial charge in [0, 0.05) is 11.1 Å². The largest absolute Gasteiger partial charge is 0.381 e. The summed E-state index contributed by atoms with van der Waals surface area (Å²) in [4.78, 5) is 0. The molecule has 1 aromatic carbocycles. The SMILES string of the molecule is CC1CCC1Nc1ccc(Cl)cc1Cl. The van der Waals surface area contributed by atoms with Gasteiger partial charge in [0.25, 0.3) is 0 Å². The average molecular weight is 230 g/mol. The molecule has 0 bridgehead atoms. The van der Waals surface area contributed by atoms with Crippen molar-refractivity contribution in [2.45, 2.75) is 25.8 Å². The van der Waals surface area contributed by atoms with Crippen molar-refractivity contribution in [3.8, 4) is 0 Å². The summed E-state index contributed by atoms with van der Waals surface area (Å²) in [5.74, 6) is 0.752. The van der Waals surface area contributed by atoms with E-state index in [2.05, 4.69) is 12.2 Å². The Balaban J connectivity index is 2.09. The van der Waals surface area contributed by atoms with Crippen LogP contribution >= 0.6 is 23.2 Å². The van der Waals surface area contributed by atoms with E-state index in [-0.39, 0.29) is 0 Å². The van der Waals surface area contributed by atoms with Crippen molar-refractivity contribution in [1.29, 1.82) is 0 Å². The van der Waals surface area contributed by atoms with Gasteiger partial charge >= 0.3 is 0 Å². The summed E-state index contributed by atoms with van der Waals surface area (Å²) in [6, 6.07) is 6.15. The monoisotopic (exact) mass is 229 g/mol. The maximum atomic E-state index is 6.06. The molecule has 0 radical (unpaired) electrons. The molecule has 1 aliphatic carbocycles. The van der Waals surface area contributed by atoms with Gasteiger partial charge in [-0.1, -0.05) is 30.1 Å². The van der Waals surface area contributed by atoms with Gasteiger partial charge in [0.15, 0.2) is 0 Å². The lowest BCUT2D eigenvalue weighted by Crippen LogP contribution is -2.36. The third-order valence-corrected chi connectivity index (χ3v) is 3.44. The van der Waals surface area contributed by atoms with Crippen LogP contribution in [0.5, 0.6) is 0 Å². The number of nitrogens with one attached hydrogen (secondary N) is 1. The summed E-state index contributed by atoms with van der Waals surface area (Å²) in [6.45, 7) is 2.25. The van der Waals surface area contributed by atoms with Crippen LogP contribution in [0, 0.1) is 5.92 Å². The van der Waals surface area contributed by atoms with Gasteiger partial charge in [-0.25, -0.2) is 0 Å². The summed E-state index contributed by atoms with van der Waals surface area (Å²) in [5, 5.41) is 4.82. The van der Waals surface area contributed by atoms with Crippen molar-refractivity contribution in [1.82, 2.24) is 0 Å². The Morgan fingerprint density at radius 1 is 1.29 bits per heavy atom. The second-order valence-corrected chi connectivity index (χ2v) is 4.77. The molecule has 1 aliphatic rings. The molecule has 1 nitrogen and oxygen atoms in total. The van der Waals surface area contributed by atoms with Crippen molar-refractivity contribution >= 4 is 28.9 Å². The first-order valence-corrected chi connectivity index (χ1v) is 5.64. The molecule has 3 heteroatoms. The highest BCUT2D eigenvalue weighted by Gasteiger charge is 2.26. The Kier molecular flexibility index (Phi) is 2.89. The lowest BCUT2D eigenvalue weighted by Gasteiger charge is -2.35. The van der Waals surface area contributed by atoms with E-state index in [4.69, 9.17) is 23.2 Å². The Morgan fingerprint density at radius 2 is 2.07 bits per heavy atom. The van der Waals surface area contributed by atoms with Crippen LogP contribution in [0.2, 0.25) is 10.0 Å². The number of hydrogen-bond acceptors (Lipinski definition) is 1. The van der Waals surface area contributed by atoms with Crippen LogP contribution in [-0.4, -0.2) is 6.04 Å². The maximum Gasteiger partial charge on any atom is 0.0652 e. The standard InChI is InChI=1S/C11H13Cl2N/c1-7-2-4-10(7)14-11-5-3-8(12)6-9(11)13/h3,5-7,10,14H,2,4H2,1H3. The quantitative estimate of drug-likeness (QED) is 0.802. The summed E-state index contributed by atoms with van der Waals surface area (Å²) >= 11 is 11.9. The zero-order valence-corrected chi connectivity index (χ0v) is 9.57. The molecule has 2 atom stereocenters. The summed E-state index contributed by atoms with van der Waals surface area (Å²) in [5.41, 5.74) is 0.993.